The molecule has 1 amide bonds. The molecule has 4 heteroatoms. The molecule has 0 unspecified atom stereocenters. The van der Waals surface area contributed by atoms with E-state index in [9.17, 15) is 9.59 Å². The van der Waals surface area contributed by atoms with E-state index in [1.165, 1.54) is 29.5 Å². The second-order valence-corrected chi connectivity index (χ2v) is 8.57. The highest BCUT2D eigenvalue weighted by molar-refractivity contribution is 5.98. The molecule has 1 aliphatic heterocycles. The number of amides is 1. The average molecular weight is 405 g/mol. The molecule has 2 aliphatic rings. The lowest BCUT2D eigenvalue weighted by Crippen LogP contribution is -2.49. The summed E-state index contributed by atoms with van der Waals surface area (Å²) in [6, 6.07) is 16.7. The minimum Gasteiger partial charge on any atom is -0.340 e. The fourth-order valence-corrected chi connectivity index (χ4v) is 4.58. The minimum absolute atomic E-state index is 0.0956. The van der Waals surface area contributed by atoms with Gasteiger partial charge in [0.2, 0.25) is 5.91 Å². The fourth-order valence-electron chi connectivity index (χ4n) is 4.58. The van der Waals surface area contributed by atoms with E-state index < -0.39 is 0 Å². The van der Waals surface area contributed by atoms with Gasteiger partial charge in [-0.05, 0) is 54.9 Å². The Labute approximate surface area is 179 Å². The molecular formula is C26H32N2O2. The Bertz CT molecular complexity index is 870. The van der Waals surface area contributed by atoms with Crippen LogP contribution in [0.15, 0.2) is 48.5 Å². The molecule has 2 aromatic rings. The summed E-state index contributed by atoms with van der Waals surface area (Å²) in [6.45, 7) is 4.39. The van der Waals surface area contributed by atoms with Crippen LogP contribution in [-0.2, 0) is 24.1 Å². The van der Waals surface area contributed by atoms with Crippen LogP contribution in [-0.4, -0.2) is 54.2 Å². The smallest absolute Gasteiger partial charge is 0.223 e. The highest BCUT2D eigenvalue weighted by Crippen LogP contribution is 2.23. The van der Waals surface area contributed by atoms with Crippen molar-refractivity contribution in [1.82, 2.24) is 9.80 Å². The van der Waals surface area contributed by atoms with Crippen molar-refractivity contribution >= 4 is 11.7 Å². The van der Waals surface area contributed by atoms with Gasteiger partial charge < -0.3 is 4.90 Å². The standard InChI is InChI=1S/C26H32N2O2/c29-25(24-11-10-22-8-4-5-9-23(22)20-24)12-13-26(30)28-18-16-27(17-19-28)15-14-21-6-2-1-3-7-21/h1-3,6-7,10-11,20H,4-5,8-9,12-19H2. The number of carbonyl (C=O) groups excluding carboxylic acids is 2. The van der Waals surface area contributed by atoms with Gasteiger partial charge in [0.15, 0.2) is 5.78 Å². The molecule has 158 valence electrons. The second kappa shape index (κ2) is 10.0. The zero-order valence-electron chi connectivity index (χ0n) is 17.8. The summed E-state index contributed by atoms with van der Waals surface area (Å²) >= 11 is 0. The van der Waals surface area contributed by atoms with E-state index in [0.29, 0.717) is 12.8 Å². The SMILES string of the molecule is O=C(CCC(=O)N1CCN(CCc2ccccc2)CC1)c1ccc2c(c1)CCCC2. The van der Waals surface area contributed by atoms with E-state index in [4.69, 9.17) is 0 Å². The summed E-state index contributed by atoms with van der Waals surface area (Å²) in [5.74, 6) is 0.210. The monoisotopic (exact) mass is 404 g/mol. The highest BCUT2D eigenvalue weighted by atomic mass is 16.2. The summed E-state index contributed by atoms with van der Waals surface area (Å²) in [5.41, 5.74) is 4.84. The Morgan fingerprint density at radius 2 is 1.53 bits per heavy atom. The van der Waals surface area contributed by atoms with Crippen LogP contribution in [0.25, 0.3) is 0 Å². The van der Waals surface area contributed by atoms with E-state index in [-0.39, 0.29) is 11.7 Å². The number of fused-ring (bicyclic) bond motifs is 1. The number of hydrogen-bond donors (Lipinski definition) is 0. The summed E-state index contributed by atoms with van der Waals surface area (Å²) in [5, 5.41) is 0. The highest BCUT2D eigenvalue weighted by Gasteiger charge is 2.22. The molecule has 0 spiro atoms. The van der Waals surface area contributed by atoms with Crippen LogP contribution in [0.3, 0.4) is 0 Å². The molecule has 0 N–H and O–H groups in total. The fraction of sp³-hybridized carbons (Fsp3) is 0.462. The van der Waals surface area contributed by atoms with Crippen molar-refractivity contribution < 1.29 is 9.59 Å². The molecule has 1 aliphatic carbocycles. The average Bonchev–Trinajstić information content (AvgIpc) is 2.81. The molecule has 0 radical (unpaired) electrons. The molecule has 0 saturated carbocycles. The van der Waals surface area contributed by atoms with Crippen LogP contribution >= 0.6 is 0 Å². The van der Waals surface area contributed by atoms with Crippen LogP contribution < -0.4 is 0 Å². The Morgan fingerprint density at radius 3 is 2.30 bits per heavy atom. The van der Waals surface area contributed by atoms with Gasteiger partial charge in [0.05, 0.1) is 0 Å². The van der Waals surface area contributed by atoms with Crippen molar-refractivity contribution in [2.24, 2.45) is 0 Å². The quantitative estimate of drug-likeness (QED) is 0.657. The van der Waals surface area contributed by atoms with E-state index >= 15 is 0 Å². The largest absolute Gasteiger partial charge is 0.340 e. The van der Waals surface area contributed by atoms with Crippen LogP contribution in [0, 0.1) is 0 Å². The van der Waals surface area contributed by atoms with Crippen molar-refractivity contribution in [3.8, 4) is 0 Å². The molecule has 0 atom stereocenters. The number of piperazine rings is 1. The third-order valence-electron chi connectivity index (χ3n) is 6.52. The van der Waals surface area contributed by atoms with Gasteiger partial charge in [-0.25, -0.2) is 0 Å². The van der Waals surface area contributed by atoms with Gasteiger partial charge in [-0.2, -0.15) is 0 Å². The van der Waals surface area contributed by atoms with Crippen LogP contribution in [0.5, 0.6) is 0 Å². The number of nitrogens with zero attached hydrogens (tertiary/aromatic N) is 2. The maximum absolute atomic E-state index is 12.6. The molecular weight excluding hydrogens is 372 g/mol. The molecule has 0 aromatic heterocycles. The number of Topliss-reactive ketones (excluding diaryl/α,β-unsaturated/α-hetero) is 1. The van der Waals surface area contributed by atoms with Crippen molar-refractivity contribution in [1.29, 1.82) is 0 Å². The Morgan fingerprint density at radius 1 is 0.800 bits per heavy atom. The first-order chi connectivity index (χ1) is 14.7. The summed E-state index contributed by atoms with van der Waals surface area (Å²) < 4.78 is 0. The minimum atomic E-state index is 0.0956. The van der Waals surface area contributed by atoms with E-state index in [0.717, 1.165) is 57.5 Å². The molecule has 30 heavy (non-hydrogen) atoms. The zero-order chi connectivity index (χ0) is 20.8. The molecule has 4 nitrogen and oxygen atoms in total. The Balaban J connectivity index is 1.20. The lowest BCUT2D eigenvalue weighted by Gasteiger charge is -2.34. The summed E-state index contributed by atoms with van der Waals surface area (Å²) in [4.78, 5) is 29.6. The van der Waals surface area contributed by atoms with E-state index in [1.54, 1.807) is 0 Å². The number of hydrogen-bond acceptors (Lipinski definition) is 3. The predicted octanol–water partition coefficient (Wildman–Crippen LogP) is 3.92. The summed E-state index contributed by atoms with van der Waals surface area (Å²) in [7, 11) is 0. The molecule has 0 bridgehead atoms. The third-order valence-corrected chi connectivity index (χ3v) is 6.52. The van der Waals surface area contributed by atoms with Crippen LogP contribution in [0.2, 0.25) is 0 Å². The first-order valence-corrected chi connectivity index (χ1v) is 11.4. The van der Waals surface area contributed by atoms with Crippen molar-refractivity contribution in [2.45, 2.75) is 44.9 Å². The number of benzene rings is 2. The first-order valence-electron chi connectivity index (χ1n) is 11.4. The topological polar surface area (TPSA) is 40.6 Å². The van der Waals surface area contributed by atoms with Gasteiger partial charge in [0.25, 0.3) is 0 Å². The Kier molecular flexibility index (Phi) is 6.96. The molecule has 1 heterocycles. The first kappa shape index (κ1) is 20.8. The Hall–Kier alpha value is -2.46. The molecule has 1 saturated heterocycles. The maximum Gasteiger partial charge on any atom is 0.223 e. The second-order valence-electron chi connectivity index (χ2n) is 8.57. The lowest BCUT2D eigenvalue weighted by molar-refractivity contribution is -0.132. The number of rotatable bonds is 7. The molecule has 2 aromatic carbocycles. The molecule has 4 rings (SSSR count). The molecule has 1 fully saturated rings. The van der Waals surface area contributed by atoms with E-state index in [2.05, 4.69) is 41.3 Å². The van der Waals surface area contributed by atoms with Gasteiger partial charge in [-0.1, -0.05) is 42.5 Å². The van der Waals surface area contributed by atoms with Crippen molar-refractivity contribution in [3.05, 3.63) is 70.8 Å². The van der Waals surface area contributed by atoms with E-state index in [1.807, 2.05) is 17.0 Å². The number of carbonyl (C=O) groups is 2. The van der Waals surface area contributed by atoms with Crippen molar-refractivity contribution in [3.63, 3.8) is 0 Å². The van der Waals surface area contributed by atoms with Gasteiger partial charge in [-0.15, -0.1) is 0 Å². The van der Waals surface area contributed by atoms with Crippen LogP contribution in [0.4, 0.5) is 0 Å². The summed E-state index contributed by atoms with van der Waals surface area (Å²) in [6.07, 6.45) is 6.33. The van der Waals surface area contributed by atoms with Gasteiger partial charge >= 0.3 is 0 Å². The van der Waals surface area contributed by atoms with Gasteiger partial charge in [0, 0.05) is 51.1 Å². The normalized spacial score (nSPS) is 16.9. The number of aryl methyl sites for hydroxylation is 2. The third kappa shape index (κ3) is 5.37. The van der Waals surface area contributed by atoms with Crippen molar-refractivity contribution in [2.75, 3.05) is 32.7 Å². The zero-order valence-corrected chi connectivity index (χ0v) is 17.8. The maximum atomic E-state index is 12.6. The number of ketones is 1. The van der Waals surface area contributed by atoms with Gasteiger partial charge in [0.1, 0.15) is 0 Å². The lowest BCUT2D eigenvalue weighted by atomic mass is 9.89. The predicted molar refractivity (Wildman–Crippen MR) is 120 cm³/mol. The van der Waals surface area contributed by atoms with Gasteiger partial charge in [-0.3, -0.25) is 14.5 Å². The van der Waals surface area contributed by atoms with Crippen LogP contribution in [0.1, 0.15) is 52.7 Å².